The Bertz CT molecular complexity index is 283. The Balaban J connectivity index is 4.01. The third kappa shape index (κ3) is 7.18. The molecule has 102 valence electrons. The number of nitrogens with zero attached hydrogens (tertiary/aromatic N) is 1. The standard InChI is InChI=1S/C14H23NO3/c1-12(17)14(13(10-16)11-18-2)8-6-4-3-5-7-9-15/h10,13-14H,3-8,11H2,1-2H3. The lowest BCUT2D eigenvalue weighted by atomic mass is 9.86. The van der Waals surface area contributed by atoms with E-state index >= 15 is 0 Å². The van der Waals surface area contributed by atoms with Gasteiger partial charge in [-0.3, -0.25) is 4.79 Å². The van der Waals surface area contributed by atoms with Gasteiger partial charge in [-0.25, -0.2) is 0 Å². The minimum Gasteiger partial charge on any atom is -0.384 e. The number of aldehydes is 1. The van der Waals surface area contributed by atoms with Crippen molar-refractivity contribution in [1.82, 2.24) is 0 Å². The predicted octanol–water partition coefficient (Wildman–Crippen LogP) is 2.52. The van der Waals surface area contributed by atoms with Crippen LogP contribution >= 0.6 is 0 Å². The van der Waals surface area contributed by atoms with E-state index in [0.29, 0.717) is 13.0 Å². The van der Waals surface area contributed by atoms with Crippen LogP contribution in [0.25, 0.3) is 0 Å². The summed E-state index contributed by atoms with van der Waals surface area (Å²) < 4.78 is 4.97. The van der Waals surface area contributed by atoms with E-state index in [-0.39, 0.29) is 17.6 Å². The number of rotatable bonds is 11. The zero-order chi connectivity index (χ0) is 13.8. The summed E-state index contributed by atoms with van der Waals surface area (Å²) in [5.74, 6) is -0.494. The van der Waals surface area contributed by atoms with Crippen molar-refractivity contribution < 1.29 is 14.3 Å². The SMILES string of the molecule is COCC(C=O)C(CCCCCCC#N)C(C)=O. The van der Waals surface area contributed by atoms with Gasteiger partial charge in [0.2, 0.25) is 0 Å². The Morgan fingerprint density at radius 2 is 2.00 bits per heavy atom. The van der Waals surface area contributed by atoms with Gasteiger partial charge >= 0.3 is 0 Å². The second-order valence-corrected chi connectivity index (χ2v) is 4.58. The Hall–Kier alpha value is -1.21. The van der Waals surface area contributed by atoms with Gasteiger partial charge < -0.3 is 9.53 Å². The maximum absolute atomic E-state index is 11.5. The van der Waals surface area contributed by atoms with Crippen molar-refractivity contribution in [3.05, 3.63) is 0 Å². The number of carbonyl (C=O) groups excluding carboxylic acids is 2. The van der Waals surface area contributed by atoms with Crippen LogP contribution in [0.3, 0.4) is 0 Å². The fourth-order valence-electron chi connectivity index (χ4n) is 2.08. The highest BCUT2D eigenvalue weighted by molar-refractivity contribution is 5.81. The minimum absolute atomic E-state index is 0.0566. The molecular formula is C14H23NO3. The van der Waals surface area contributed by atoms with Crippen molar-refractivity contribution in [3.8, 4) is 6.07 Å². The normalized spacial score (nSPS) is 13.6. The summed E-state index contributed by atoms with van der Waals surface area (Å²) in [4.78, 5) is 22.5. The Kier molecular flexibility index (Phi) is 10.2. The number of ketones is 1. The van der Waals surface area contributed by atoms with Crippen LogP contribution in [0.2, 0.25) is 0 Å². The molecule has 4 nitrogen and oxygen atoms in total. The maximum Gasteiger partial charge on any atom is 0.133 e. The summed E-state index contributed by atoms with van der Waals surface area (Å²) in [7, 11) is 1.54. The maximum atomic E-state index is 11.5. The van der Waals surface area contributed by atoms with E-state index in [2.05, 4.69) is 6.07 Å². The average Bonchev–Trinajstić information content (AvgIpc) is 2.35. The van der Waals surface area contributed by atoms with Crippen LogP contribution in [0.5, 0.6) is 0 Å². The van der Waals surface area contributed by atoms with E-state index in [9.17, 15) is 9.59 Å². The predicted molar refractivity (Wildman–Crippen MR) is 68.9 cm³/mol. The zero-order valence-corrected chi connectivity index (χ0v) is 11.4. The monoisotopic (exact) mass is 253 g/mol. The molecule has 0 saturated heterocycles. The molecule has 0 aromatic carbocycles. The van der Waals surface area contributed by atoms with E-state index in [4.69, 9.17) is 10.00 Å². The zero-order valence-electron chi connectivity index (χ0n) is 11.4. The molecule has 0 aliphatic carbocycles. The van der Waals surface area contributed by atoms with Crippen molar-refractivity contribution in [1.29, 1.82) is 5.26 Å². The summed E-state index contributed by atoms with van der Waals surface area (Å²) in [6.07, 6.45) is 6.00. The molecule has 0 radical (unpaired) electrons. The van der Waals surface area contributed by atoms with Crippen molar-refractivity contribution in [2.75, 3.05) is 13.7 Å². The van der Waals surface area contributed by atoms with Gasteiger partial charge in [-0.05, 0) is 19.8 Å². The van der Waals surface area contributed by atoms with Gasteiger partial charge in [0.25, 0.3) is 0 Å². The van der Waals surface area contributed by atoms with Crippen LogP contribution in [0.1, 0.15) is 45.4 Å². The van der Waals surface area contributed by atoms with Gasteiger partial charge in [0, 0.05) is 25.4 Å². The Labute approximate surface area is 109 Å². The summed E-state index contributed by atoms with van der Waals surface area (Å²) >= 11 is 0. The average molecular weight is 253 g/mol. The van der Waals surface area contributed by atoms with Crippen molar-refractivity contribution >= 4 is 12.1 Å². The molecule has 0 aromatic heterocycles. The van der Waals surface area contributed by atoms with Crippen LogP contribution in [0.4, 0.5) is 0 Å². The molecule has 0 heterocycles. The van der Waals surface area contributed by atoms with Gasteiger partial charge in [-0.15, -0.1) is 0 Å². The van der Waals surface area contributed by atoms with Gasteiger partial charge in [0.05, 0.1) is 12.7 Å². The van der Waals surface area contributed by atoms with Gasteiger partial charge in [0.15, 0.2) is 0 Å². The highest BCUT2D eigenvalue weighted by Crippen LogP contribution is 2.20. The molecule has 2 atom stereocenters. The number of ether oxygens (including phenoxy) is 1. The quantitative estimate of drug-likeness (QED) is 0.419. The molecule has 0 saturated carbocycles. The van der Waals surface area contributed by atoms with Crippen LogP contribution in [0, 0.1) is 23.2 Å². The number of carbonyl (C=O) groups is 2. The van der Waals surface area contributed by atoms with E-state index in [1.165, 1.54) is 14.0 Å². The highest BCUT2D eigenvalue weighted by atomic mass is 16.5. The third-order valence-electron chi connectivity index (χ3n) is 3.13. The Morgan fingerprint density at radius 1 is 1.33 bits per heavy atom. The van der Waals surface area contributed by atoms with Crippen molar-refractivity contribution in [3.63, 3.8) is 0 Å². The van der Waals surface area contributed by atoms with Gasteiger partial charge in [-0.1, -0.05) is 19.3 Å². The van der Waals surface area contributed by atoms with Gasteiger partial charge in [-0.2, -0.15) is 5.26 Å². The first-order valence-corrected chi connectivity index (χ1v) is 6.49. The number of hydrogen-bond acceptors (Lipinski definition) is 4. The lowest BCUT2D eigenvalue weighted by Gasteiger charge is -2.19. The second kappa shape index (κ2) is 10.9. The molecule has 4 heteroatoms. The van der Waals surface area contributed by atoms with E-state index in [0.717, 1.165) is 38.4 Å². The number of Topliss-reactive ketones (excluding diaryl/α,β-unsaturated/α-hetero) is 1. The fourth-order valence-corrected chi connectivity index (χ4v) is 2.08. The largest absolute Gasteiger partial charge is 0.384 e. The van der Waals surface area contributed by atoms with Crippen LogP contribution in [0.15, 0.2) is 0 Å². The molecule has 0 aliphatic rings. The lowest BCUT2D eigenvalue weighted by Crippen LogP contribution is -2.26. The third-order valence-corrected chi connectivity index (χ3v) is 3.13. The highest BCUT2D eigenvalue weighted by Gasteiger charge is 2.24. The number of methoxy groups -OCH3 is 1. The molecule has 18 heavy (non-hydrogen) atoms. The van der Waals surface area contributed by atoms with Crippen molar-refractivity contribution in [2.24, 2.45) is 11.8 Å². The van der Waals surface area contributed by atoms with E-state index in [1.807, 2.05) is 0 Å². The van der Waals surface area contributed by atoms with E-state index in [1.54, 1.807) is 0 Å². The first-order chi connectivity index (χ1) is 8.67. The fraction of sp³-hybridized carbons (Fsp3) is 0.786. The van der Waals surface area contributed by atoms with Gasteiger partial charge in [0.1, 0.15) is 12.1 Å². The van der Waals surface area contributed by atoms with Crippen molar-refractivity contribution in [2.45, 2.75) is 45.4 Å². The minimum atomic E-state index is -0.327. The molecule has 0 spiro atoms. The molecule has 0 amide bonds. The first kappa shape index (κ1) is 16.8. The summed E-state index contributed by atoms with van der Waals surface area (Å²) in [6, 6.07) is 2.11. The second-order valence-electron chi connectivity index (χ2n) is 4.58. The molecule has 0 rings (SSSR count). The number of hydrogen-bond donors (Lipinski definition) is 0. The molecule has 0 fully saturated rings. The molecule has 2 unspecified atom stereocenters. The lowest BCUT2D eigenvalue weighted by molar-refractivity contribution is -0.127. The number of unbranched alkanes of at least 4 members (excludes halogenated alkanes) is 4. The smallest absolute Gasteiger partial charge is 0.133 e. The first-order valence-electron chi connectivity index (χ1n) is 6.49. The van der Waals surface area contributed by atoms with Crippen LogP contribution in [-0.2, 0) is 14.3 Å². The molecular weight excluding hydrogens is 230 g/mol. The summed E-state index contributed by atoms with van der Waals surface area (Å²) in [5, 5.41) is 8.40. The number of nitriles is 1. The Morgan fingerprint density at radius 3 is 2.50 bits per heavy atom. The summed E-state index contributed by atoms with van der Waals surface area (Å²) in [6.45, 7) is 1.84. The molecule has 0 bridgehead atoms. The topological polar surface area (TPSA) is 67.2 Å². The van der Waals surface area contributed by atoms with Crippen LogP contribution < -0.4 is 0 Å². The molecule has 0 aliphatic heterocycles. The van der Waals surface area contributed by atoms with Crippen LogP contribution in [-0.4, -0.2) is 25.8 Å². The molecule has 0 aromatic rings. The molecule has 0 N–H and O–H groups in total. The summed E-state index contributed by atoms with van der Waals surface area (Å²) in [5.41, 5.74) is 0. The van der Waals surface area contributed by atoms with E-state index < -0.39 is 0 Å².